The Morgan fingerprint density at radius 3 is 2.33 bits per heavy atom. The number of aliphatic imine (C=N–C) groups is 1. The van der Waals surface area contributed by atoms with E-state index < -0.39 is 0 Å². The first kappa shape index (κ1) is 16.6. The van der Waals surface area contributed by atoms with Gasteiger partial charge >= 0.3 is 0 Å². The average Bonchev–Trinajstić information content (AvgIpc) is 2.54. The monoisotopic (exact) mass is 282 g/mol. The van der Waals surface area contributed by atoms with E-state index in [1.54, 1.807) is 20.4 Å². The lowest BCUT2D eigenvalue weighted by Crippen LogP contribution is -1.99. The van der Waals surface area contributed by atoms with Crippen molar-refractivity contribution >= 4 is 5.71 Å². The van der Waals surface area contributed by atoms with Crippen LogP contribution in [0, 0.1) is 6.92 Å². The van der Waals surface area contributed by atoms with Crippen molar-refractivity contribution < 1.29 is 4.74 Å². The van der Waals surface area contributed by atoms with Gasteiger partial charge in [-0.1, -0.05) is 24.3 Å². The quantitative estimate of drug-likeness (QED) is 0.795. The Labute approximate surface area is 127 Å². The number of methoxy groups -OCH3 is 1. The van der Waals surface area contributed by atoms with Gasteiger partial charge in [-0.25, -0.2) is 0 Å². The molecule has 0 N–H and O–H groups in total. The highest BCUT2D eigenvalue weighted by molar-refractivity contribution is 6.10. The van der Waals surface area contributed by atoms with Crippen molar-refractivity contribution in [3.63, 3.8) is 0 Å². The van der Waals surface area contributed by atoms with E-state index in [-0.39, 0.29) is 0 Å². The molecule has 0 aliphatic carbocycles. The van der Waals surface area contributed by atoms with Crippen LogP contribution in [0.15, 0.2) is 65.8 Å². The molecule has 3 heteroatoms. The molecule has 0 saturated heterocycles. The van der Waals surface area contributed by atoms with Crippen LogP contribution >= 0.6 is 0 Å². The first-order valence-electron chi connectivity index (χ1n) is 6.83. The molecule has 0 aliphatic rings. The summed E-state index contributed by atoms with van der Waals surface area (Å²) < 4.78 is 5.26. The fourth-order valence-corrected chi connectivity index (χ4v) is 1.75. The van der Waals surface area contributed by atoms with Gasteiger partial charge in [-0.05, 0) is 44.2 Å². The van der Waals surface area contributed by atoms with Crippen LogP contribution in [-0.4, -0.2) is 24.9 Å². The van der Waals surface area contributed by atoms with Gasteiger partial charge < -0.3 is 4.74 Å². The lowest BCUT2D eigenvalue weighted by molar-refractivity contribution is 0.414. The molecular formula is C18H22N2O. The SMILES string of the molecule is C/C=C\C(=NC)c1ccccc1OC.Cc1ccccn1. The van der Waals surface area contributed by atoms with E-state index in [1.807, 2.05) is 68.5 Å². The number of rotatable bonds is 3. The molecule has 0 radical (unpaired) electrons. The van der Waals surface area contributed by atoms with Gasteiger partial charge in [0, 0.05) is 24.5 Å². The highest BCUT2D eigenvalue weighted by Gasteiger charge is 2.04. The van der Waals surface area contributed by atoms with Gasteiger partial charge in [-0.3, -0.25) is 9.98 Å². The fourth-order valence-electron chi connectivity index (χ4n) is 1.75. The minimum absolute atomic E-state index is 0.853. The number of ether oxygens (including phenoxy) is 1. The molecular weight excluding hydrogens is 260 g/mol. The Bertz CT molecular complexity index is 589. The standard InChI is InChI=1S/C12H15NO.C6H7N/c1-4-7-11(13-2)10-8-5-6-9-12(10)14-3;1-6-4-2-3-5-7-6/h4-9H,1-3H3;2-5H,1H3/b7-4-,13-11?;. The maximum absolute atomic E-state index is 5.26. The summed E-state index contributed by atoms with van der Waals surface area (Å²) in [6.07, 6.45) is 5.72. The van der Waals surface area contributed by atoms with Crippen molar-refractivity contribution in [3.8, 4) is 5.75 Å². The third-order valence-corrected chi connectivity index (χ3v) is 2.76. The summed E-state index contributed by atoms with van der Waals surface area (Å²) >= 11 is 0. The zero-order valence-corrected chi connectivity index (χ0v) is 13.1. The second-order valence-electron chi connectivity index (χ2n) is 4.28. The predicted octanol–water partition coefficient (Wildman–Crippen LogP) is 4.08. The summed E-state index contributed by atoms with van der Waals surface area (Å²) in [5, 5.41) is 0. The maximum Gasteiger partial charge on any atom is 0.128 e. The van der Waals surface area contributed by atoms with Gasteiger partial charge in [0.25, 0.3) is 0 Å². The Hall–Kier alpha value is -2.42. The third-order valence-electron chi connectivity index (χ3n) is 2.76. The third kappa shape index (κ3) is 5.61. The second-order valence-corrected chi connectivity index (χ2v) is 4.28. The highest BCUT2D eigenvalue weighted by Crippen LogP contribution is 2.18. The van der Waals surface area contributed by atoms with E-state index in [1.165, 1.54) is 0 Å². The van der Waals surface area contributed by atoms with Crippen molar-refractivity contribution in [3.05, 3.63) is 72.1 Å². The topological polar surface area (TPSA) is 34.5 Å². The molecule has 3 nitrogen and oxygen atoms in total. The van der Waals surface area contributed by atoms with Crippen LogP contribution < -0.4 is 4.74 Å². The van der Waals surface area contributed by atoms with Gasteiger partial charge in [0.05, 0.1) is 12.8 Å². The molecule has 2 aromatic rings. The lowest BCUT2D eigenvalue weighted by Gasteiger charge is -2.07. The van der Waals surface area contributed by atoms with Crippen molar-refractivity contribution in [2.24, 2.45) is 4.99 Å². The first-order chi connectivity index (χ1) is 10.2. The van der Waals surface area contributed by atoms with Gasteiger partial charge in [0.2, 0.25) is 0 Å². The summed E-state index contributed by atoms with van der Waals surface area (Å²) in [6.45, 7) is 3.95. The van der Waals surface area contributed by atoms with Crippen LogP contribution in [0.25, 0.3) is 0 Å². The molecule has 0 spiro atoms. The Balaban J connectivity index is 0.000000262. The molecule has 21 heavy (non-hydrogen) atoms. The molecule has 0 atom stereocenters. The lowest BCUT2D eigenvalue weighted by atomic mass is 10.1. The number of benzene rings is 1. The van der Waals surface area contributed by atoms with Crippen molar-refractivity contribution in [2.45, 2.75) is 13.8 Å². The zero-order chi connectivity index (χ0) is 15.5. The number of aryl methyl sites for hydroxylation is 1. The number of pyridine rings is 1. The zero-order valence-electron chi connectivity index (χ0n) is 13.1. The van der Waals surface area contributed by atoms with Crippen LogP contribution in [0.5, 0.6) is 5.75 Å². The van der Waals surface area contributed by atoms with Crippen molar-refractivity contribution in [1.82, 2.24) is 4.98 Å². The molecule has 1 aromatic heterocycles. The van der Waals surface area contributed by atoms with E-state index in [0.29, 0.717) is 0 Å². The predicted molar refractivity (Wildman–Crippen MR) is 89.2 cm³/mol. The van der Waals surface area contributed by atoms with Crippen molar-refractivity contribution in [2.75, 3.05) is 14.2 Å². The van der Waals surface area contributed by atoms with Gasteiger partial charge in [-0.2, -0.15) is 0 Å². The van der Waals surface area contributed by atoms with Crippen LogP contribution in [0.4, 0.5) is 0 Å². The Morgan fingerprint density at radius 1 is 1.14 bits per heavy atom. The molecule has 2 rings (SSSR count). The molecule has 0 aliphatic heterocycles. The van der Waals surface area contributed by atoms with Gasteiger partial charge in [0.1, 0.15) is 5.75 Å². The van der Waals surface area contributed by atoms with Gasteiger partial charge in [-0.15, -0.1) is 0 Å². The normalized spacial score (nSPS) is 11.0. The van der Waals surface area contributed by atoms with E-state index in [2.05, 4.69) is 9.98 Å². The molecule has 0 fully saturated rings. The van der Waals surface area contributed by atoms with E-state index >= 15 is 0 Å². The molecule has 0 unspecified atom stereocenters. The summed E-state index contributed by atoms with van der Waals surface area (Å²) in [5.41, 5.74) is 3.03. The minimum Gasteiger partial charge on any atom is -0.496 e. The number of allylic oxidation sites excluding steroid dienone is 2. The molecule has 0 amide bonds. The summed E-state index contributed by atoms with van der Waals surface area (Å²) in [5.74, 6) is 0.853. The van der Waals surface area contributed by atoms with Crippen LogP contribution in [0.2, 0.25) is 0 Å². The highest BCUT2D eigenvalue weighted by atomic mass is 16.5. The molecule has 1 aromatic carbocycles. The fraction of sp³-hybridized carbons (Fsp3) is 0.222. The number of aromatic nitrogens is 1. The number of nitrogens with zero attached hydrogens (tertiary/aromatic N) is 2. The number of hydrogen-bond acceptors (Lipinski definition) is 3. The van der Waals surface area contributed by atoms with Crippen LogP contribution in [-0.2, 0) is 0 Å². The summed E-state index contributed by atoms with van der Waals surface area (Å²) in [4.78, 5) is 8.19. The number of para-hydroxylation sites is 1. The first-order valence-corrected chi connectivity index (χ1v) is 6.83. The molecule has 110 valence electrons. The van der Waals surface area contributed by atoms with Crippen molar-refractivity contribution in [1.29, 1.82) is 0 Å². The van der Waals surface area contributed by atoms with E-state index in [0.717, 1.165) is 22.7 Å². The van der Waals surface area contributed by atoms with Crippen LogP contribution in [0.3, 0.4) is 0 Å². The summed E-state index contributed by atoms with van der Waals surface area (Å²) in [6, 6.07) is 13.7. The second kappa shape index (κ2) is 9.48. The van der Waals surface area contributed by atoms with E-state index in [9.17, 15) is 0 Å². The Morgan fingerprint density at radius 2 is 1.86 bits per heavy atom. The maximum atomic E-state index is 5.26. The minimum atomic E-state index is 0.853. The molecule has 0 bridgehead atoms. The largest absolute Gasteiger partial charge is 0.496 e. The van der Waals surface area contributed by atoms with Crippen LogP contribution in [0.1, 0.15) is 18.2 Å². The molecule has 0 saturated carbocycles. The average molecular weight is 282 g/mol. The molecule has 1 heterocycles. The Kier molecular flexibility index (Phi) is 7.51. The summed E-state index contributed by atoms with van der Waals surface area (Å²) in [7, 11) is 3.45. The van der Waals surface area contributed by atoms with Gasteiger partial charge in [0.15, 0.2) is 0 Å². The van der Waals surface area contributed by atoms with E-state index in [4.69, 9.17) is 4.74 Å². The number of hydrogen-bond donors (Lipinski definition) is 0. The smallest absolute Gasteiger partial charge is 0.128 e.